The highest BCUT2D eigenvalue weighted by atomic mass is 32.2. The summed E-state index contributed by atoms with van der Waals surface area (Å²) in [7, 11) is -4.08. The van der Waals surface area contributed by atoms with Crippen LogP contribution in [0, 0.1) is 11.6 Å². The molecule has 1 atom stereocenters. The molecule has 0 aliphatic heterocycles. The van der Waals surface area contributed by atoms with E-state index in [0.717, 1.165) is 50.0 Å². The number of carbonyl (C=O) groups is 2. The van der Waals surface area contributed by atoms with Gasteiger partial charge in [-0.15, -0.1) is 0 Å². The first-order valence-electron chi connectivity index (χ1n) is 13.7. The third-order valence-corrected chi connectivity index (χ3v) is 8.42. The van der Waals surface area contributed by atoms with Gasteiger partial charge in [0, 0.05) is 19.0 Å². The van der Waals surface area contributed by atoms with E-state index in [1.54, 1.807) is 0 Å². The maximum Gasteiger partial charge on any atom is 0.244 e. The molecule has 0 aromatic heterocycles. The van der Waals surface area contributed by atoms with E-state index in [0.29, 0.717) is 9.87 Å². The number of hydrogen-bond donors (Lipinski definition) is 1. The predicted octanol–water partition coefficient (Wildman–Crippen LogP) is 4.82. The Labute approximate surface area is 240 Å². The number of para-hydroxylation sites is 1. The van der Waals surface area contributed by atoms with E-state index in [4.69, 9.17) is 0 Å². The minimum absolute atomic E-state index is 0.0248. The lowest BCUT2D eigenvalue weighted by Crippen LogP contribution is -2.55. The van der Waals surface area contributed by atoms with Crippen molar-refractivity contribution >= 4 is 27.5 Å². The van der Waals surface area contributed by atoms with Crippen molar-refractivity contribution in [2.24, 2.45) is 0 Å². The van der Waals surface area contributed by atoms with Gasteiger partial charge < -0.3 is 10.2 Å². The van der Waals surface area contributed by atoms with Crippen LogP contribution in [0.4, 0.5) is 14.5 Å². The van der Waals surface area contributed by atoms with Crippen molar-refractivity contribution in [1.29, 1.82) is 0 Å². The second-order valence-electron chi connectivity index (χ2n) is 10.4. The fourth-order valence-corrected chi connectivity index (χ4v) is 5.98. The van der Waals surface area contributed by atoms with E-state index in [9.17, 15) is 26.8 Å². The Hall–Kier alpha value is -3.79. The first-order chi connectivity index (χ1) is 19.6. The van der Waals surface area contributed by atoms with E-state index >= 15 is 0 Å². The zero-order valence-corrected chi connectivity index (χ0v) is 23.8. The van der Waals surface area contributed by atoms with Gasteiger partial charge in [0.15, 0.2) is 0 Å². The molecule has 3 aromatic rings. The smallest absolute Gasteiger partial charge is 0.244 e. The van der Waals surface area contributed by atoms with Gasteiger partial charge >= 0.3 is 0 Å². The van der Waals surface area contributed by atoms with Gasteiger partial charge in [0.2, 0.25) is 21.8 Å². The fraction of sp³-hybridized carbons (Fsp3) is 0.355. The van der Waals surface area contributed by atoms with Crippen LogP contribution >= 0.6 is 0 Å². The molecular weight excluding hydrogens is 548 g/mol. The minimum Gasteiger partial charge on any atom is -0.352 e. The molecule has 3 aromatic carbocycles. The van der Waals surface area contributed by atoms with Gasteiger partial charge in [0.25, 0.3) is 0 Å². The molecule has 0 radical (unpaired) electrons. The molecule has 1 aliphatic rings. The number of halogens is 2. The molecule has 0 saturated heterocycles. The molecule has 1 N–H and O–H groups in total. The Bertz CT molecular complexity index is 1430. The topological polar surface area (TPSA) is 86.8 Å². The zero-order valence-electron chi connectivity index (χ0n) is 23.0. The summed E-state index contributed by atoms with van der Waals surface area (Å²) in [6.45, 7) is -0.799. The van der Waals surface area contributed by atoms with E-state index in [2.05, 4.69) is 5.32 Å². The molecule has 1 fully saturated rings. The molecule has 7 nitrogen and oxygen atoms in total. The lowest BCUT2D eigenvalue weighted by Gasteiger charge is -2.35. The standard InChI is InChI=1S/C31H35F2N3O4S/c1-41(39,40)36(28-15-9-8-14-27(28)33)22-30(37)35(21-24-16-18-25(32)19-17-24)29(20-23-10-4-2-5-11-23)31(38)34-26-12-6-3-7-13-26/h2,4-5,8-11,14-19,26,29H,3,6-7,12-13,20-22H2,1H3,(H,34,38). The van der Waals surface area contributed by atoms with Crippen molar-refractivity contribution in [2.75, 3.05) is 17.1 Å². The van der Waals surface area contributed by atoms with Crippen molar-refractivity contribution < 1.29 is 26.8 Å². The van der Waals surface area contributed by atoms with Gasteiger partial charge in [-0.2, -0.15) is 0 Å². The van der Waals surface area contributed by atoms with Crippen LogP contribution in [0.15, 0.2) is 78.9 Å². The Kier molecular flexibility index (Phi) is 10.1. The van der Waals surface area contributed by atoms with Gasteiger partial charge in [-0.3, -0.25) is 13.9 Å². The quantitative estimate of drug-likeness (QED) is 0.351. The Morgan fingerprint density at radius 2 is 1.51 bits per heavy atom. The molecule has 2 amide bonds. The van der Waals surface area contributed by atoms with Crippen molar-refractivity contribution in [3.63, 3.8) is 0 Å². The molecule has 1 saturated carbocycles. The maximum atomic E-state index is 14.7. The van der Waals surface area contributed by atoms with Gasteiger partial charge in [-0.25, -0.2) is 17.2 Å². The molecule has 218 valence electrons. The maximum absolute atomic E-state index is 14.7. The van der Waals surface area contributed by atoms with Crippen LogP contribution in [0.3, 0.4) is 0 Å². The Morgan fingerprint density at radius 3 is 2.15 bits per heavy atom. The van der Waals surface area contributed by atoms with E-state index in [1.807, 2.05) is 30.3 Å². The highest BCUT2D eigenvalue weighted by Gasteiger charge is 2.34. The molecule has 0 spiro atoms. The molecule has 4 rings (SSSR count). The highest BCUT2D eigenvalue weighted by Crippen LogP contribution is 2.24. The number of amides is 2. The normalized spacial score (nSPS) is 14.7. The molecular formula is C31H35F2N3O4S. The van der Waals surface area contributed by atoms with Crippen LogP contribution in [-0.2, 0) is 32.6 Å². The molecule has 0 bridgehead atoms. The number of anilines is 1. The van der Waals surface area contributed by atoms with Crippen LogP contribution < -0.4 is 9.62 Å². The van der Waals surface area contributed by atoms with Crippen LogP contribution in [0.2, 0.25) is 0 Å². The third-order valence-electron chi connectivity index (χ3n) is 7.29. The molecule has 1 aliphatic carbocycles. The third kappa shape index (κ3) is 8.36. The summed E-state index contributed by atoms with van der Waals surface area (Å²) in [6.07, 6.45) is 5.85. The first-order valence-corrected chi connectivity index (χ1v) is 15.6. The van der Waals surface area contributed by atoms with Crippen molar-refractivity contribution in [2.45, 2.75) is 57.2 Å². The second-order valence-corrected chi connectivity index (χ2v) is 12.3. The summed E-state index contributed by atoms with van der Waals surface area (Å²) in [5.74, 6) is -2.30. The average molecular weight is 584 g/mol. The van der Waals surface area contributed by atoms with Gasteiger partial charge in [0.05, 0.1) is 11.9 Å². The largest absolute Gasteiger partial charge is 0.352 e. The summed E-state index contributed by atoms with van der Waals surface area (Å²) in [4.78, 5) is 29.2. The Morgan fingerprint density at radius 1 is 0.878 bits per heavy atom. The summed E-state index contributed by atoms with van der Waals surface area (Å²) in [5.41, 5.74) is 1.10. The van der Waals surface area contributed by atoms with Crippen LogP contribution in [0.5, 0.6) is 0 Å². The van der Waals surface area contributed by atoms with Crippen LogP contribution in [0.1, 0.15) is 43.2 Å². The summed E-state index contributed by atoms with van der Waals surface area (Å²) in [5, 5.41) is 3.11. The lowest BCUT2D eigenvalue weighted by molar-refractivity contribution is -0.140. The fourth-order valence-electron chi connectivity index (χ4n) is 5.13. The number of sulfonamides is 1. The molecule has 41 heavy (non-hydrogen) atoms. The SMILES string of the molecule is CS(=O)(=O)N(CC(=O)N(Cc1ccc(F)cc1)C(Cc1ccccc1)C(=O)NC1CCCCC1)c1ccccc1F. The van der Waals surface area contributed by atoms with Gasteiger partial charge in [0.1, 0.15) is 24.2 Å². The molecule has 1 unspecified atom stereocenters. The number of benzene rings is 3. The average Bonchev–Trinajstić information content (AvgIpc) is 2.95. The van der Waals surface area contributed by atoms with Gasteiger partial charge in [-0.05, 0) is 48.2 Å². The van der Waals surface area contributed by atoms with Crippen LogP contribution in [-0.4, -0.2) is 50.0 Å². The lowest BCUT2D eigenvalue weighted by atomic mass is 9.94. The van der Waals surface area contributed by atoms with E-state index in [1.165, 1.54) is 47.4 Å². The predicted molar refractivity (Wildman–Crippen MR) is 154 cm³/mol. The van der Waals surface area contributed by atoms with Crippen molar-refractivity contribution in [1.82, 2.24) is 10.2 Å². The minimum atomic E-state index is -4.08. The van der Waals surface area contributed by atoms with Crippen molar-refractivity contribution in [3.05, 3.63) is 102 Å². The summed E-state index contributed by atoms with van der Waals surface area (Å²) < 4.78 is 54.6. The number of nitrogens with one attached hydrogen (secondary N) is 1. The number of rotatable bonds is 11. The summed E-state index contributed by atoms with van der Waals surface area (Å²) in [6, 6.07) is 19.0. The van der Waals surface area contributed by atoms with E-state index in [-0.39, 0.29) is 30.6 Å². The van der Waals surface area contributed by atoms with Crippen molar-refractivity contribution in [3.8, 4) is 0 Å². The van der Waals surface area contributed by atoms with Gasteiger partial charge in [-0.1, -0.05) is 73.9 Å². The molecule has 10 heteroatoms. The van der Waals surface area contributed by atoms with Crippen LogP contribution in [0.25, 0.3) is 0 Å². The highest BCUT2D eigenvalue weighted by molar-refractivity contribution is 7.92. The monoisotopic (exact) mass is 583 g/mol. The molecule has 0 heterocycles. The summed E-state index contributed by atoms with van der Waals surface area (Å²) >= 11 is 0. The number of carbonyl (C=O) groups excluding carboxylic acids is 2. The first kappa shape index (κ1) is 30.2. The number of hydrogen-bond acceptors (Lipinski definition) is 4. The van der Waals surface area contributed by atoms with E-state index < -0.39 is 40.2 Å². The Balaban J connectivity index is 1.72. The second kappa shape index (κ2) is 13.7. The number of nitrogens with zero attached hydrogens (tertiary/aromatic N) is 2. The zero-order chi connectivity index (χ0) is 29.4.